The van der Waals surface area contributed by atoms with Crippen LogP contribution >= 0.6 is 0 Å². The lowest BCUT2D eigenvalue weighted by atomic mass is 9.93. The number of ether oxygens (including phenoxy) is 1. The van der Waals surface area contributed by atoms with Crippen molar-refractivity contribution < 1.29 is 14.3 Å². The lowest BCUT2D eigenvalue weighted by Gasteiger charge is -2.44. The van der Waals surface area contributed by atoms with E-state index in [4.69, 9.17) is 4.74 Å². The van der Waals surface area contributed by atoms with Crippen molar-refractivity contribution in [2.75, 3.05) is 13.7 Å². The number of benzene rings is 3. The molecule has 0 bridgehead atoms. The molecule has 2 amide bonds. The highest BCUT2D eigenvalue weighted by Gasteiger charge is 2.47. The zero-order chi connectivity index (χ0) is 24.4. The molecule has 1 aliphatic rings. The Bertz CT molecular complexity index is 1380. The first-order valence-electron chi connectivity index (χ1n) is 11.9. The van der Waals surface area contributed by atoms with Crippen molar-refractivity contribution in [1.29, 1.82) is 0 Å². The van der Waals surface area contributed by atoms with Crippen molar-refractivity contribution in [1.82, 2.24) is 14.8 Å². The van der Waals surface area contributed by atoms with Crippen LogP contribution in [-0.2, 0) is 24.3 Å². The Kier molecular flexibility index (Phi) is 6.03. The maximum Gasteiger partial charge on any atom is 0.271 e. The molecule has 1 atom stereocenters. The van der Waals surface area contributed by atoms with Gasteiger partial charge in [0.1, 0.15) is 17.0 Å². The van der Waals surface area contributed by atoms with Crippen LogP contribution in [0.15, 0.2) is 84.9 Å². The van der Waals surface area contributed by atoms with E-state index in [-0.39, 0.29) is 11.8 Å². The van der Waals surface area contributed by atoms with Crippen LogP contribution in [0.5, 0.6) is 5.75 Å². The summed E-state index contributed by atoms with van der Waals surface area (Å²) in [4.78, 5) is 29.3. The minimum absolute atomic E-state index is 0.127. The summed E-state index contributed by atoms with van der Waals surface area (Å²) < 4.78 is 7.42. The zero-order valence-electron chi connectivity index (χ0n) is 20.0. The SMILES string of the molecule is COc1ccccc1CNC(=O)[C@@]1(C)Cn2c(cc3ccccc32)C(=O)N1CCc1ccccc1. The van der Waals surface area contributed by atoms with Gasteiger partial charge in [0, 0.05) is 29.6 Å². The molecule has 178 valence electrons. The first-order chi connectivity index (χ1) is 17.0. The van der Waals surface area contributed by atoms with Crippen LogP contribution < -0.4 is 10.1 Å². The Labute approximate surface area is 205 Å². The lowest BCUT2D eigenvalue weighted by Crippen LogP contribution is -2.64. The van der Waals surface area contributed by atoms with E-state index in [0.717, 1.165) is 27.8 Å². The fraction of sp³-hybridized carbons (Fsp3) is 0.241. The number of hydrogen-bond acceptors (Lipinski definition) is 3. The molecule has 4 aromatic rings. The van der Waals surface area contributed by atoms with Crippen LogP contribution in [0, 0.1) is 0 Å². The molecule has 3 aromatic carbocycles. The number of rotatable bonds is 7. The van der Waals surface area contributed by atoms with E-state index in [1.54, 1.807) is 12.0 Å². The number of methoxy groups -OCH3 is 1. The van der Waals surface area contributed by atoms with Gasteiger partial charge in [0.2, 0.25) is 5.91 Å². The van der Waals surface area contributed by atoms with Gasteiger partial charge in [-0.05, 0) is 37.1 Å². The number of aromatic nitrogens is 1. The lowest BCUT2D eigenvalue weighted by molar-refractivity contribution is -0.133. The summed E-state index contributed by atoms with van der Waals surface area (Å²) in [5.41, 5.74) is 2.54. The smallest absolute Gasteiger partial charge is 0.271 e. The Morgan fingerprint density at radius 2 is 1.71 bits per heavy atom. The van der Waals surface area contributed by atoms with Gasteiger partial charge < -0.3 is 19.5 Å². The summed E-state index contributed by atoms with van der Waals surface area (Å²) >= 11 is 0. The summed E-state index contributed by atoms with van der Waals surface area (Å²) in [5, 5.41) is 4.08. The molecular formula is C29H29N3O3. The largest absolute Gasteiger partial charge is 0.496 e. The van der Waals surface area contributed by atoms with Gasteiger partial charge in [-0.25, -0.2) is 0 Å². The summed E-state index contributed by atoms with van der Waals surface area (Å²) in [5.74, 6) is 0.406. The minimum Gasteiger partial charge on any atom is -0.496 e. The zero-order valence-corrected chi connectivity index (χ0v) is 20.0. The summed E-state index contributed by atoms with van der Waals surface area (Å²) in [6, 6.07) is 27.5. The average molecular weight is 468 g/mol. The number of carbonyl (C=O) groups is 2. The van der Waals surface area contributed by atoms with Crippen molar-refractivity contribution in [2.45, 2.75) is 32.0 Å². The summed E-state index contributed by atoms with van der Waals surface area (Å²) in [6.45, 7) is 3.01. The number of nitrogens with zero attached hydrogens (tertiary/aromatic N) is 2. The predicted octanol–water partition coefficient (Wildman–Crippen LogP) is 4.42. The second-order valence-corrected chi connectivity index (χ2v) is 9.14. The fourth-order valence-corrected chi connectivity index (χ4v) is 4.96. The van der Waals surface area contributed by atoms with Gasteiger partial charge in [0.25, 0.3) is 5.91 Å². The van der Waals surface area contributed by atoms with Crippen LogP contribution in [-0.4, -0.2) is 40.5 Å². The van der Waals surface area contributed by atoms with E-state index in [2.05, 4.69) is 5.32 Å². The molecule has 0 saturated heterocycles. The number of para-hydroxylation sites is 2. The number of nitrogens with one attached hydrogen (secondary N) is 1. The van der Waals surface area contributed by atoms with E-state index in [9.17, 15) is 9.59 Å². The first kappa shape index (κ1) is 22.7. The van der Waals surface area contributed by atoms with Crippen LogP contribution in [0.2, 0.25) is 0 Å². The first-order valence-corrected chi connectivity index (χ1v) is 11.9. The third kappa shape index (κ3) is 4.16. The molecule has 6 heteroatoms. The topological polar surface area (TPSA) is 63.6 Å². The molecule has 0 radical (unpaired) electrons. The number of amides is 2. The monoisotopic (exact) mass is 467 g/mol. The second kappa shape index (κ2) is 9.29. The summed E-state index contributed by atoms with van der Waals surface area (Å²) in [6.07, 6.45) is 0.669. The highest BCUT2D eigenvalue weighted by Crippen LogP contribution is 2.32. The van der Waals surface area contributed by atoms with Gasteiger partial charge in [-0.1, -0.05) is 66.7 Å². The molecule has 0 fully saturated rings. The van der Waals surface area contributed by atoms with E-state index >= 15 is 0 Å². The van der Waals surface area contributed by atoms with Crippen LogP contribution in [0.25, 0.3) is 10.9 Å². The number of fused-ring (bicyclic) bond motifs is 3. The van der Waals surface area contributed by atoms with Gasteiger partial charge in [0.15, 0.2) is 0 Å². The molecule has 1 aromatic heterocycles. The molecule has 5 rings (SSSR count). The van der Waals surface area contributed by atoms with Gasteiger partial charge >= 0.3 is 0 Å². The maximum atomic E-state index is 13.8. The van der Waals surface area contributed by atoms with Gasteiger partial charge in [-0.3, -0.25) is 9.59 Å². The van der Waals surface area contributed by atoms with Crippen molar-refractivity contribution in [3.8, 4) is 5.75 Å². The highest BCUT2D eigenvalue weighted by molar-refractivity contribution is 6.03. The van der Waals surface area contributed by atoms with Crippen LogP contribution in [0.3, 0.4) is 0 Å². The van der Waals surface area contributed by atoms with Crippen LogP contribution in [0.4, 0.5) is 0 Å². The second-order valence-electron chi connectivity index (χ2n) is 9.14. The Hall–Kier alpha value is -4.06. The molecule has 1 N–H and O–H groups in total. The van der Waals surface area contributed by atoms with E-state index in [1.807, 2.05) is 96.4 Å². The third-order valence-electron chi connectivity index (χ3n) is 6.92. The van der Waals surface area contributed by atoms with Crippen molar-refractivity contribution in [3.63, 3.8) is 0 Å². The minimum atomic E-state index is -1.05. The quantitative estimate of drug-likeness (QED) is 0.438. The predicted molar refractivity (Wildman–Crippen MR) is 136 cm³/mol. The standard InChI is InChI=1S/C29H29N3O3/c1-29(28(34)30-19-23-13-7-9-15-26(23)35-2)20-31-24-14-8-6-12-22(24)18-25(31)27(33)32(29)17-16-21-10-4-3-5-11-21/h3-15,18H,16-17,19-20H2,1-2H3,(H,30,34)/t29-/m1/s1. The van der Waals surface area contributed by atoms with Crippen molar-refractivity contribution in [2.24, 2.45) is 0 Å². The average Bonchev–Trinajstić information content (AvgIpc) is 3.26. The van der Waals surface area contributed by atoms with E-state index in [0.29, 0.717) is 31.7 Å². The molecule has 2 heterocycles. The molecule has 0 aliphatic carbocycles. The van der Waals surface area contributed by atoms with Crippen LogP contribution in [0.1, 0.15) is 28.5 Å². The Morgan fingerprint density at radius 3 is 2.51 bits per heavy atom. The van der Waals surface area contributed by atoms with Gasteiger partial charge in [0.05, 0.1) is 13.7 Å². The highest BCUT2D eigenvalue weighted by atomic mass is 16.5. The molecule has 0 saturated carbocycles. The summed E-state index contributed by atoms with van der Waals surface area (Å²) in [7, 11) is 1.62. The normalized spacial score (nSPS) is 17.3. The van der Waals surface area contributed by atoms with Crippen molar-refractivity contribution in [3.05, 3.63) is 102 Å². The fourth-order valence-electron chi connectivity index (χ4n) is 4.96. The Balaban J connectivity index is 1.48. The van der Waals surface area contributed by atoms with E-state index < -0.39 is 5.54 Å². The number of carbonyl (C=O) groups excluding carboxylic acids is 2. The molecule has 1 aliphatic heterocycles. The van der Waals surface area contributed by atoms with Crippen molar-refractivity contribution >= 4 is 22.7 Å². The van der Waals surface area contributed by atoms with E-state index in [1.165, 1.54) is 0 Å². The number of hydrogen-bond donors (Lipinski definition) is 1. The third-order valence-corrected chi connectivity index (χ3v) is 6.92. The maximum absolute atomic E-state index is 13.8. The van der Waals surface area contributed by atoms with Gasteiger partial charge in [-0.15, -0.1) is 0 Å². The van der Waals surface area contributed by atoms with Gasteiger partial charge in [-0.2, -0.15) is 0 Å². The molecular weight excluding hydrogens is 438 g/mol. The molecule has 35 heavy (non-hydrogen) atoms. The molecule has 0 spiro atoms. The molecule has 6 nitrogen and oxygen atoms in total. The Morgan fingerprint density at radius 1 is 1.00 bits per heavy atom. The molecule has 0 unspecified atom stereocenters.